The van der Waals surface area contributed by atoms with Gasteiger partial charge in [-0.3, -0.25) is 4.57 Å². The summed E-state index contributed by atoms with van der Waals surface area (Å²) >= 11 is 0. The Bertz CT molecular complexity index is 372. The van der Waals surface area contributed by atoms with Crippen LogP contribution in [0.2, 0.25) is 0 Å². The molecule has 0 aliphatic rings. The van der Waals surface area contributed by atoms with Gasteiger partial charge in [-0.2, -0.15) is 0 Å². The first-order valence-electron chi connectivity index (χ1n) is 6.57. The molecule has 0 N–H and O–H groups in total. The summed E-state index contributed by atoms with van der Waals surface area (Å²) in [5, 5.41) is 0.521. The molecule has 5 heteroatoms. The predicted octanol–water partition coefficient (Wildman–Crippen LogP) is 4.04. The van der Waals surface area contributed by atoms with E-state index in [1.807, 2.05) is 6.92 Å². The maximum absolute atomic E-state index is 12.7. The highest BCUT2D eigenvalue weighted by molar-refractivity contribution is 7.62. The van der Waals surface area contributed by atoms with Crippen LogP contribution >= 0.6 is 7.60 Å². The lowest BCUT2D eigenvalue weighted by molar-refractivity contribution is 0.208. The zero-order valence-electron chi connectivity index (χ0n) is 11.5. The van der Waals surface area contributed by atoms with Crippen molar-refractivity contribution in [3.63, 3.8) is 0 Å². The largest absolute Gasteiger partial charge is 0.469 e. The molecule has 0 unspecified atom stereocenters. The van der Waals surface area contributed by atoms with Gasteiger partial charge in [0, 0.05) is 0 Å². The van der Waals surface area contributed by atoms with Crippen molar-refractivity contribution in [2.75, 3.05) is 13.2 Å². The standard InChI is InChI=1S/C13H23O4P/c1-4-6-8-16-18(14,17-9-7-5-2)13-10-12(3)15-11-13/h10-11H,4-9H2,1-3H3. The normalized spacial score (nSPS) is 11.9. The fourth-order valence-corrected chi connectivity index (χ4v) is 3.05. The second-order valence-electron chi connectivity index (χ2n) is 4.29. The van der Waals surface area contributed by atoms with E-state index >= 15 is 0 Å². The average molecular weight is 274 g/mol. The number of furan rings is 1. The molecule has 0 aliphatic heterocycles. The summed E-state index contributed by atoms with van der Waals surface area (Å²) in [5.74, 6) is 0.711. The summed E-state index contributed by atoms with van der Waals surface area (Å²) in [6.45, 7) is 6.84. The molecule has 0 aliphatic carbocycles. The number of hydrogen-bond donors (Lipinski definition) is 0. The predicted molar refractivity (Wildman–Crippen MR) is 72.4 cm³/mol. The van der Waals surface area contributed by atoms with Crippen molar-refractivity contribution in [3.05, 3.63) is 18.1 Å². The lowest BCUT2D eigenvalue weighted by atomic mass is 10.4. The third-order valence-corrected chi connectivity index (χ3v) is 4.46. The molecule has 18 heavy (non-hydrogen) atoms. The molecule has 0 bridgehead atoms. The number of hydrogen-bond acceptors (Lipinski definition) is 4. The molecule has 0 saturated heterocycles. The van der Waals surface area contributed by atoms with E-state index in [1.165, 1.54) is 6.26 Å². The van der Waals surface area contributed by atoms with Gasteiger partial charge < -0.3 is 13.5 Å². The van der Waals surface area contributed by atoms with E-state index in [1.54, 1.807) is 6.07 Å². The van der Waals surface area contributed by atoms with Crippen LogP contribution in [-0.2, 0) is 13.6 Å². The van der Waals surface area contributed by atoms with Gasteiger partial charge in [0.15, 0.2) is 0 Å². The number of rotatable bonds is 9. The number of aryl methyl sites for hydroxylation is 1. The highest BCUT2D eigenvalue weighted by Gasteiger charge is 2.29. The number of unbranched alkanes of at least 4 members (excludes halogenated alkanes) is 2. The Morgan fingerprint density at radius 1 is 1.17 bits per heavy atom. The van der Waals surface area contributed by atoms with Crippen LogP contribution in [0.1, 0.15) is 45.3 Å². The first-order valence-corrected chi connectivity index (χ1v) is 8.11. The Balaban J connectivity index is 2.70. The van der Waals surface area contributed by atoms with Crippen molar-refractivity contribution >= 4 is 12.9 Å². The molecule has 0 atom stereocenters. The van der Waals surface area contributed by atoms with Gasteiger partial charge in [-0.15, -0.1) is 0 Å². The van der Waals surface area contributed by atoms with Crippen LogP contribution in [0.5, 0.6) is 0 Å². The molecular weight excluding hydrogens is 251 g/mol. The smallest absolute Gasteiger partial charge is 0.364 e. The van der Waals surface area contributed by atoms with Crippen molar-refractivity contribution < 1.29 is 18.0 Å². The topological polar surface area (TPSA) is 48.7 Å². The summed E-state index contributed by atoms with van der Waals surface area (Å²) in [4.78, 5) is 0. The Hall–Kier alpha value is -0.570. The molecule has 0 aromatic carbocycles. The first kappa shape index (κ1) is 15.5. The molecule has 1 rings (SSSR count). The quantitative estimate of drug-likeness (QED) is 0.503. The molecule has 0 amide bonds. The monoisotopic (exact) mass is 274 g/mol. The summed E-state index contributed by atoms with van der Waals surface area (Å²) in [7, 11) is -3.20. The van der Waals surface area contributed by atoms with E-state index in [4.69, 9.17) is 13.5 Å². The van der Waals surface area contributed by atoms with Gasteiger partial charge in [0.05, 0.1) is 13.2 Å². The van der Waals surface area contributed by atoms with Gasteiger partial charge >= 0.3 is 7.60 Å². The molecular formula is C13H23O4P. The highest BCUT2D eigenvalue weighted by atomic mass is 31.2. The van der Waals surface area contributed by atoms with Crippen molar-refractivity contribution in [2.24, 2.45) is 0 Å². The van der Waals surface area contributed by atoms with Crippen molar-refractivity contribution in [3.8, 4) is 0 Å². The maximum Gasteiger partial charge on any atom is 0.364 e. The second-order valence-corrected chi connectivity index (χ2v) is 6.31. The van der Waals surface area contributed by atoms with E-state index in [-0.39, 0.29) is 0 Å². The zero-order chi connectivity index (χ0) is 13.4. The summed E-state index contributed by atoms with van der Waals surface area (Å²) < 4.78 is 28.8. The maximum atomic E-state index is 12.7. The fourth-order valence-electron chi connectivity index (χ4n) is 1.42. The lowest BCUT2D eigenvalue weighted by Crippen LogP contribution is -2.10. The first-order chi connectivity index (χ1) is 8.62. The Morgan fingerprint density at radius 2 is 1.72 bits per heavy atom. The van der Waals surface area contributed by atoms with Gasteiger partial charge in [0.25, 0.3) is 0 Å². The second kappa shape index (κ2) is 7.78. The minimum absolute atomic E-state index is 0.449. The average Bonchev–Trinajstić information content (AvgIpc) is 2.77. The fraction of sp³-hybridized carbons (Fsp3) is 0.692. The van der Waals surface area contributed by atoms with Gasteiger partial charge in [0.1, 0.15) is 17.3 Å². The van der Waals surface area contributed by atoms with Crippen LogP contribution in [0.25, 0.3) is 0 Å². The van der Waals surface area contributed by atoms with Crippen molar-refractivity contribution in [1.29, 1.82) is 0 Å². The van der Waals surface area contributed by atoms with Crippen LogP contribution in [0.15, 0.2) is 16.7 Å². The summed E-state index contributed by atoms with van der Waals surface area (Å²) in [6, 6.07) is 1.72. The molecule has 0 radical (unpaired) electrons. The van der Waals surface area contributed by atoms with Crippen LogP contribution in [0.4, 0.5) is 0 Å². The third kappa shape index (κ3) is 4.60. The van der Waals surface area contributed by atoms with Gasteiger partial charge in [-0.05, 0) is 25.8 Å². The Morgan fingerprint density at radius 3 is 2.11 bits per heavy atom. The highest BCUT2D eigenvalue weighted by Crippen LogP contribution is 2.47. The van der Waals surface area contributed by atoms with Crippen LogP contribution in [0, 0.1) is 6.92 Å². The van der Waals surface area contributed by atoms with Gasteiger partial charge in [-0.25, -0.2) is 0 Å². The lowest BCUT2D eigenvalue weighted by Gasteiger charge is -2.16. The van der Waals surface area contributed by atoms with Crippen LogP contribution in [0.3, 0.4) is 0 Å². The minimum Gasteiger partial charge on any atom is -0.469 e. The van der Waals surface area contributed by atoms with Gasteiger partial charge in [-0.1, -0.05) is 26.7 Å². The van der Waals surface area contributed by atoms with E-state index in [0.29, 0.717) is 24.3 Å². The van der Waals surface area contributed by atoms with Crippen molar-refractivity contribution in [1.82, 2.24) is 0 Å². The molecule has 1 aromatic heterocycles. The summed E-state index contributed by atoms with van der Waals surface area (Å²) in [5.41, 5.74) is 0. The molecule has 4 nitrogen and oxygen atoms in total. The van der Waals surface area contributed by atoms with Crippen LogP contribution in [-0.4, -0.2) is 13.2 Å². The zero-order valence-corrected chi connectivity index (χ0v) is 12.4. The minimum atomic E-state index is -3.20. The molecule has 0 fully saturated rings. The molecule has 1 heterocycles. The SMILES string of the molecule is CCCCOP(=O)(OCCCC)c1coc(C)c1. The molecule has 0 spiro atoms. The van der Waals surface area contributed by atoms with E-state index < -0.39 is 7.60 Å². The summed E-state index contributed by atoms with van der Waals surface area (Å²) in [6.07, 6.45) is 5.21. The van der Waals surface area contributed by atoms with Gasteiger partial charge in [0.2, 0.25) is 0 Å². The molecule has 104 valence electrons. The molecule has 1 aromatic rings. The van der Waals surface area contributed by atoms with Crippen LogP contribution < -0.4 is 5.30 Å². The van der Waals surface area contributed by atoms with E-state index in [2.05, 4.69) is 13.8 Å². The van der Waals surface area contributed by atoms with E-state index in [9.17, 15) is 4.57 Å². The van der Waals surface area contributed by atoms with Crippen molar-refractivity contribution in [2.45, 2.75) is 46.5 Å². The Labute approximate surface area is 109 Å². The molecule has 0 saturated carbocycles. The Kier molecular flexibility index (Phi) is 6.69. The third-order valence-electron chi connectivity index (χ3n) is 2.55. The van der Waals surface area contributed by atoms with E-state index in [0.717, 1.165) is 25.7 Å².